The van der Waals surface area contributed by atoms with Crippen LogP contribution in [0.4, 0.5) is 0 Å². The fraction of sp³-hybridized carbons (Fsp3) is 0.909. The van der Waals surface area contributed by atoms with E-state index in [1.165, 1.54) is 0 Å². The Bertz CT molecular complexity index is 225. The van der Waals surface area contributed by atoms with E-state index in [0.29, 0.717) is 6.61 Å². The average molecular weight is 199 g/mol. The SMILES string of the molecule is CCOC(=O)C1(C)CCCC(C)(C)N1. The molecule has 1 fully saturated rings. The van der Waals surface area contributed by atoms with Crippen molar-refractivity contribution in [2.75, 3.05) is 6.61 Å². The number of piperidine rings is 1. The number of carbonyl (C=O) groups is 1. The summed E-state index contributed by atoms with van der Waals surface area (Å²) in [6, 6.07) is 0. The first-order chi connectivity index (χ1) is 6.40. The first kappa shape index (κ1) is 11.5. The maximum absolute atomic E-state index is 11.7. The van der Waals surface area contributed by atoms with Gasteiger partial charge in [0.1, 0.15) is 5.54 Å². The predicted molar refractivity (Wildman–Crippen MR) is 56.1 cm³/mol. The number of esters is 1. The Balaban J connectivity index is 2.68. The zero-order chi connectivity index (χ0) is 10.8. The van der Waals surface area contributed by atoms with Crippen LogP contribution in [0, 0.1) is 0 Å². The quantitative estimate of drug-likeness (QED) is 0.690. The van der Waals surface area contributed by atoms with Gasteiger partial charge in [-0.2, -0.15) is 0 Å². The van der Waals surface area contributed by atoms with Crippen LogP contribution < -0.4 is 5.32 Å². The summed E-state index contributed by atoms with van der Waals surface area (Å²) >= 11 is 0. The third-order valence-corrected chi connectivity index (χ3v) is 2.82. The van der Waals surface area contributed by atoms with Crippen LogP contribution in [0.5, 0.6) is 0 Å². The van der Waals surface area contributed by atoms with Gasteiger partial charge in [-0.1, -0.05) is 0 Å². The molecule has 0 aliphatic carbocycles. The number of nitrogens with one attached hydrogen (secondary N) is 1. The largest absolute Gasteiger partial charge is 0.465 e. The Kier molecular flexibility index (Phi) is 3.20. The summed E-state index contributed by atoms with van der Waals surface area (Å²) in [6.07, 6.45) is 3.06. The summed E-state index contributed by atoms with van der Waals surface area (Å²) < 4.78 is 5.08. The molecule has 3 heteroatoms. The maximum Gasteiger partial charge on any atom is 0.326 e. The monoisotopic (exact) mass is 199 g/mol. The summed E-state index contributed by atoms with van der Waals surface area (Å²) in [5.74, 6) is -0.118. The predicted octanol–water partition coefficient (Wildman–Crippen LogP) is 1.86. The van der Waals surface area contributed by atoms with E-state index < -0.39 is 5.54 Å². The Hall–Kier alpha value is -0.570. The summed E-state index contributed by atoms with van der Waals surface area (Å²) in [4.78, 5) is 11.7. The molecule has 0 radical (unpaired) electrons. The second-order valence-corrected chi connectivity index (χ2v) is 4.92. The molecule has 0 saturated carbocycles. The van der Waals surface area contributed by atoms with E-state index in [9.17, 15) is 4.79 Å². The highest BCUT2D eigenvalue weighted by Gasteiger charge is 2.42. The molecule has 1 rings (SSSR count). The molecule has 1 aliphatic rings. The van der Waals surface area contributed by atoms with Gasteiger partial charge < -0.3 is 4.74 Å². The molecule has 0 bridgehead atoms. The molecule has 1 aliphatic heterocycles. The molecule has 0 spiro atoms. The summed E-state index contributed by atoms with van der Waals surface area (Å²) in [6.45, 7) is 8.49. The van der Waals surface area contributed by atoms with Crippen molar-refractivity contribution in [2.45, 2.75) is 58.0 Å². The van der Waals surface area contributed by atoms with E-state index in [0.717, 1.165) is 19.3 Å². The van der Waals surface area contributed by atoms with E-state index in [4.69, 9.17) is 4.74 Å². The Morgan fingerprint density at radius 2 is 2.00 bits per heavy atom. The van der Waals surface area contributed by atoms with Crippen LogP contribution in [0.1, 0.15) is 47.0 Å². The molecule has 1 N–H and O–H groups in total. The van der Waals surface area contributed by atoms with Crippen molar-refractivity contribution in [1.29, 1.82) is 0 Å². The standard InChI is InChI=1S/C11H21NO2/c1-5-14-9(13)11(4)8-6-7-10(2,3)12-11/h12H,5-8H2,1-4H3. The lowest BCUT2D eigenvalue weighted by molar-refractivity contribution is -0.153. The van der Waals surface area contributed by atoms with Crippen LogP contribution >= 0.6 is 0 Å². The molecule has 1 saturated heterocycles. The van der Waals surface area contributed by atoms with Crippen molar-refractivity contribution in [3.05, 3.63) is 0 Å². The van der Waals surface area contributed by atoms with E-state index in [1.807, 2.05) is 13.8 Å². The summed E-state index contributed by atoms with van der Waals surface area (Å²) in [7, 11) is 0. The molecule has 0 aromatic heterocycles. The van der Waals surface area contributed by atoms with Gasteiger partial charge in [0, 0.05) is 5.54 Å². The van der Waals surface area contributed by atoms with Crippen LogP contribution in [0.15, 0.2) is 0 Å². The van der Waals surface area contributed by atoms with Gasteiger partial charge in [-0.25, -0.2) is 0 Å². The van der Waals surface area contributed by atoms with E-state index in [-0.39, 0.29) is 11.5 Å². The van der Waals surface area contributed by atoms with E-state index in [1.54, 1.807) is 0 Å². The van der Waals surface area contributed by atoms with Gasteiger partial charge in [0.05, 0.1) is 6.61 Å². The van der Waals surface area contributed by atoms with Crippen molar-refractivity contribution in [3.8, 4) is 0 Å². The zero-order valence-electron chi connectivity index (χ0n) is 9.64. The van der Waals surface area contributed by atoms with Gasteiger partial charge in [0.15, 0.2) is 0 Å². The molecule has 0 aromatic rings. The van der Waals surface area contributed by atoms with Crippen LogP contribution in [-0.2, 0) is 9.53 Å². The number of rotatable bonds is 2. The van der Waals surface area contributed by atoms with Crippen LogP contribution in [0.2, 0.25) is 0 Å². The van der Waals surface area contributed by atoms with E-state index in [2.05, 4.69) is 19.2 Å². The third-order valence-electron chi connectivity index (χ3n) is 2.82. The van der Waals surface area contributed by atoms with Crippen molar-refractivity contribution < 1.29 is 9.53 Å². The number of hydrogen-bond donors (Lipinski definition) is 1. The van der Waals surface area contributed by atoms with Crippen molar-refractivity contribution >= 4 is 5.97 Å². The maximum atomic E-state index is 11.7. The Morgan fingerprint density at radius 1 is 1.36 bits per heavy atom. The minimum Gasteiger partial charge on any atom is -0.465 e. The van der Waals surface area contributed by atoms with Gasteiger partial charge in [-0.3, -0.25) is 10.1 Å². The Morgan fingerprint density at radius 3 is 2.50 bits per heavy atom. The highest BCUT2D eigenvalue weighted by Crippen LogP contribution is 2.29. The third kappa shape index (κ3) is 2.47. The molecule has 1 heterocycles. The van der Waals surface area contributed by atoms with Crippen molar-refractivity contribution in [2.24, 2.45) is 0 Å². The van der Waals surface area contributed by atoms with Gasteiger partial charge in [0.2, 0.25) is 0 Å². The zero-order valence-corrected chi connectivity index (χ0v) is 9.64. The van der Waals surface area contributed by atoms with Gasteiger partial charge in [-0.05, 0) is 47.0 Å². The molecular formula is C11H21NO2. The average Bonchev–Trinajstić information content (AvgIpc) is 2.02. The molecule has 3 nitrogen and oxygen atoms in total. The van der Waals surface area contributed by atoms with Gasteiger partial charge in [-0.15, -0.1) is 0 Å². The normalized spacial score (nSPS) is 31.1. The lowest BCUT2D eigenvalue weighted by Gasteiger charge is -2.42. The van der Waals surface area contributed by atoms with E-state index >= 15 is 0 Å². The highest BCUT2D eigenvalue weighted by molar-refractivity contribution is 5.80. The van der Waals surface area contributed by atoms with Crippen LogP contribution in [0.25, 0.3) is 0 Å². The minimum absolute atomic E-state index is 0.0414. The Labute approximate surface area is 86.2 Å². The molecule has 1 unspecified atom stereocenters. The lowest BCUT2D eigenvalue weighted by atomic mass is 9.82. The second kappa shape index (κ2) is 3.89. The first-order valence-corrected chi connectivity index (χ1v) is 5.36. The van der Waals surface area contributed by atoms with Gasteiger partial charge >= 0.3 is 5.97 Å². The molecule has 1 atom stereocenters. The first-order valence-electron chi connectivity index (χ1n) is 5.36. The number of ether oxygens (including phenoxy) is 1. The van der Waals surface area contributed by atoms with Crippen molar-refractivity contribution in [3.63, 3.8) is 0 Å². The number of hydrogen-bond acceptors (Lipinski definition) is 3. The molecule has 14 heavy (non-hydrogen) atoms. The molecule has 0 amide bonds. The molecule has 82 valence electrons. The van der Waals surface area contributed by atoms with Crippen LogP contribution in [-0.4, -0.2) is 23.7 Å². The highest BCUT2D eigenvalue weighted by atomic mass is 16.5. The van der Waals surface area contributed by atoms with Crippen LogP contribution in [0.3, 0.4) is 0 Å². The van der Waals surface area contributed by atoms with Crippen molar-refractivity contribution in [1.82, 2.24) is 5.32 Å². The lowest BCUT2D eigenvalue weighted by Crippen LogP contribution is -2.61. The minimum atomic E-state index is -0.488. The number of carbonyl (C=O) groups excluding carboxylic acids is 1. The fourth-order valence-electron chi connectivity index (χ4n) is 2.20. The summed E-state index contributed by atoms with van der Waals surface area (Å²) in [5.41, 5.74) is -0.447. The topological polar surface area (TPSA) is 38.3 Å². The summed E-state index contributed by atoms with van der Waals surface area (Å²) in [5, 5.41) is 3.38. The smallest absolute Gasteiger partial charge is 0.326 e. The fourth-order valence-corrected chi connectivity index (χ4v) is 2.20. The molecule has 0 aromatic carbocycles. The molecular weight excluding hydrogens is 178 g/mol. The second-order valence-electron chi connectivity index (χ2n) is 4.92. The van der Waals surface area contributed by atoms with Gasteiger partial charge in [0.25, 0.3) is 0 Å².